The van der Waals surface area contributed by atoms with Gasteiger partial charge >= 0.3 is 0 Å². The van der Waals surface area contributed by atoms with E-state index >= 15 is 0 Å². The molecule has 21 heavy (non-hydrogen) atoms. The molecular weight excluding hydrogens is 288 g/mol. The molecule has 5 heteroatoms. The molecule has 1 aliphatic rings. The van der Waals surface area contributed by atoms with Crippen LogP contribution in [0.5, 0.6) is 0 Å². The highest BCUT2D eigenvalue weighted by atomic mass is 35.5. The van der Waals surface area contributed by atoms with E-state index in [-0.39, 0.29) is 24.0 Å². The number of fused-ring (bicyclic) bond motifs is 2. The van der Waals surface area contributed by atoms with Crippen LogP contribution in [0.1, 0.15) is 31.8 Å². The third-order valence-electron chi connectivity index (χ3n) is 3.40. The highest BCUT2D eigenvalue weighted by Crippen LogP contribution is 2.28. The van der Waals surface area contributed by atoms with Crippen molar-refractivity contribution in [3.8, 4) is 0 Å². The average Bonchev–Trinajstić information content (AvgIpc) is 2.50. The third-order valence-corrected chi connectivity index (χ3v) is 3.40. The van der Waals surface area contributed by atoms with E-state index in [2.05, 4.69) is 5.32 Å². The Kier molecular flexibility index (Phi) is 4.40. The second-order valence-electron chi connectivity index (χ2n) is 4.68. The molecule has 0 bridgehead atoms. The summed E-state index contributed by atoms with van der Waals surface area (Å²) in [5.74, 6) is -0.202. The monoisotopic (exact) mass is 302 g/mol. The molecule has 2 aromatic carbocycles. The first-order valence-corrected chi connectivity index (χ1v) is 6.49. The lowest BCUT2D eigenvalue weighted by Gasteiger charge is -2.18. The van der Waals surface area contributed by atoms with Gasteiger partial charge in [-0.3, -0.25) is 9.59 Å². The van der Waals surface area contributed by atoms with Gasteiger partial charge in [-0.05, 0) is 18.2 Å². The number of carbonyl (C=O) groups is 2. The molecule has 1 aliphatic carbocycles. The summed E-state index contributed by atoms with van der Waals surface area (Å²) in [6.45, 7) is 1.13. The highest BCUT2D eigenvalue weighted by Gasteiger charge is 2.29. The quantitative estimate of drug-likeness (QED) is 0.778. The average molecular weight is 303 g/mol. The number of nitrogens with two attached hydrogens (primary N) is 1. The normalized spacial score (nSPS) is 12.2. The zero-order valence-corrected chi connectivity index (χ0v) is 12.1. The first kappa shape index (κ1) is 15.2. The molecule has 0 saturated heterocycles. The number of benzene rings is 2. The summed E-state index contributed by atoms with van der Waals surface area (Å²) in [6, 6.07) is 12.1. The SMILES string of the molecule is Cl.NCCNc1ccc2c(c1)C(=O)c1ccccc1C2=O. The lowest BCUT2D eigenvalue weighted by molar-refractivity contribution is 0.0979. The Bertz CT molecular complexity index is 713. The molecule has 0 heterocycles. The Morgan fingerprint density at radius 2 is 1.43 bits per heavy atom. The number of hydrogen-bond acceptors (Lipinski definition) is 4. The van der Waals surface area contributed by atoms with Gasteiger partial charge in [-0.15, -0.1) is 12.4 Å². The van der Waals surface area contributed by atoms with Gasteiger partial charge in [0.1, 0.15) is 0 Å². The van der Waals surface area contributed by atoms with Crippen LogP contribution in [0.3, 0.4) is 0 Å². The lowest BCUT2D eigenvalue weighted by atomic mass is 9.84. The maximum Gasteiger partial charge on any atom is 0.194 e. The Hall–Kier alpha value is -2.17. The van der Waals surface area contributed by atoms with Crippen molar-refractivity contribution in [1.29, 1.82) is 0 Å². The predicted octanol–water partition coefficient (Wildman–Crippen LogP) is 2.25. The number of rotatable bonds is 3. The van der Waals surface area contributed by atoms with Gasteiger partial charge in [0.25, 0.3) is 0 Å². The van der Waals surface area contributed by atoms with Crippen LogP contribution in [0.4, 0.5) is 5.69 Å². The molecule has 0 amide bonds. The van der Waals surface area contributed by atoms with Crippen molar-refractivity contribution in [2.45, 2.75) is 0 Å². The van der Waals surface area contributed by atoms with E-state index in [0.717, 1.165) is 5.69 Å². The molecule has 2 aromatic rings. The molecule has 0 saturated carbocycles. The fourth-order valence-corrected chi connectivity index (χ4v) is 2.43. The molecule has 0 aromatic heterocycles. The summed E-state index contributed by atoms with van der Waals surface area (Å²) in [4.78, 5) is 24.9. The minimum absolute atomic E-state index is 0. The largest absolute Gasteiger partial charge is 0.384 e. The molecule has 3 N–H and O–H groups in total. The van der Waals surface area contributed by atoms with Crippen LogP contribution in [-0.2, 0) is 0 Å². The summed E-state index contributed by atoms with van der Waals surface area (Å²) in [5.41, 5.74) is 8.12. The van der Waals surface area contributed by atoms with Crippen molar-refractivity contribution in [1.82, 2.24) is 0 Å². The van der Waals surface area contributed by atoms with Gasteiger partial charge in [-0.1, -0.05) is 24.3 Å². The minimum atomic E-state index is -0.105. The number of nitrogens with one attached hydrogen (secondary N) is 1. The fourth-order valence-electron chi connectivity index (χ4n) is 2.43. The van der Waals surface area contributed by atoms with Crippen molar-refractivity contribution < 1.29 is 9.59 Å². The molecular formula is C16H15ClN2O2. The van der Waals surface area contributed by atoms with Gasteiger partial charge < -0.3 is 11.1 Å². The molecule has 0 radical (unpaired) electrons. The number of halogens is 1. The van der Waals surface area contributed by atoms with Crippen LogP contribution in [0.15, 0.2) is 42.5 Å². The molecule has 0 unspecified atom stereocenters. The number of ketones is 2. The summed E-state index contributed by atoms with van der Waals surface area (Å²) < 4.78 is 0. The van der Waals surface area contributed by atoms with Crippen molar-refractivity contribution >= 4 is 29.7 Å². The second-order valence-corrected chi connectivity index (χ2v) is 4.68. The summed E-state index contributed by atoms with van der Waals surface area (Å²) >= 11 is 0. The smallest absolute Gasteiger partial charge is 0.194 e. The highest BCUT2D eigenvalue weighted by molar-refractivity contribution is 6.28. The second kappa shape index (κ2) is 6.08. The van der Waals surface area contributed by atoms with E-state index in [1.54, 1.807) is 42.5 Å². The summed E-state index contributed by atoms with van der Waals surface area (Å²) in [7, 11) is 0. The maximum atomic E-state index is 12.5. The molecule has 0 aliphatic heterocycles. The predicted molar refractivity (Wildman–Crippen MR) is 84.5 cm³/mol. The van der Waals surface area contributed by atoms with Crippen LogP contribution in [0.25, 0.3) is 0 Å². The first-order valence-electron chi connectivity index (χ1n) is 6.49. The van der Waals surface area contributed by atoms with Gasteiger partial charge in [0.05, 0.1) is 0 Å². The van der Waals surface area contributed by atoms with Gasteiger partial charge in [-0.25, -0.2) is 0 Å². The number of anilines is 1. The van der Waals surface area contributed by atoms with Crippen LogP contribution < -0.4 is 11.1 Å². The maximum absolute atomic E-state index is 12.5. The van der Waals surface area contributed by atoms with E-state index in [1.807, 2.05) is 0 Å². The van der Waals surface area contributed by atoms with Crippen molar-refractivity contribution in [3.63, 3.8) is 0 Å². The first-order chi connectivity index (χ1) is 9.72. The van der Waals surface area contributed by atoms with Crippen molar-refractivity contribution in [2.24, 2.45) is 5.73 Å². The van der Waals surface area contributed by atoms with Gasteiger partial charge in [0.15, 0.2) is 11.6 Å². The molecule has 0 atom stereocenters. The van der Waals surface area contributed by atoms with E-state index in [4.69, 9.17) is 5.73 Å². The lowest BCUT2D eigenvalue weighted by Crippen LogP contribution is -2.21. The standard InChI is InChI=1S/C16H14N2O2.ClH/c17-7-8-18-10-5-6-13-14(9-10)16(20)12-4-2-1-3-11(12)15(13)19;/h1-6,9,18H,7-8,17H2;1H. The minimum Gasteiger partial charge on any atom is -0.384 e. The Balaban J connectivity index is 0.00000161. The van der Waals surface area contributed by atoms with E-state index in [0.29, 0.717) is 35.3 Å². The number of hydrogen-bond donors (Lipinski definition) is 2. The molecule has 0 spiro atoms. The summed E-state index contributed by atoms with van der Waals surface area (Å²) in [5, 5.41) is 3.12. The van der Waals surface area contributed by atoms with E-state index < -0.39 is 0 Å². The van der Waals surface area contributed by atoms with Crippen LogP contribution in [-0.4, -0.2) is 24.7 Å². The Morgan fingerprint density at radius 1 is 0.857 bits per heavy atom. The number of carbonyl (C=O) groups excluding carboxylic acids is 2. The summed E-state index contributed by atoms with van der Waals surface area (Å²) in [6.07, 6.45) is 0. The zero-order chi connectivity index (χ0) is 14.1. The van der Waals surface area contributed by atoms with Crippen LogP contribution >= 0.6 is 12.4 Å². The molecule has 108 valence electrons. The van der Waals surface area contributed by atoms with E-state index in [9.17, 15) is 9.59 Å². The van der Waals surface area contributed by atoms with Crippen LogP contribution in [0, 0.1) is 0 Å². The van der Waals surface area contributed by atoms with E-state index in [1.165, 1.54) is 0 Å². The fraction of sp³-hybridized carbons (Fsp3) is 0.125. The van der Waals surface area contributed by atoms with Gasteiger partial charge in [0.2, 0.25) is 0 Å². The molecule has 0 fully saturated rings. The van der Waals surface area contributed by atoms with Crippen molar-refractivity contribution in [3.05, 3.63) is 64.7 Å². The molecule has 3 rings (SSSR count). The molecule has 4 nitrogen and oxygen atoms in total. The van der Waals surface area contributed by atoms with Crippen LogP contribution in [0.2, 0.25) is 0 Å². The third kappa shape index (κ3) is 2.55. The topological polar surface area (TPSA) is 72.2 Å². The zero-order valence-electron chi connectivity index (χ0n) is 11.3. The van der Waals surface area contributed by atoms with Crippen molar-refractivity contribution in [2.75, 3.05) is 18.4 Å². The Labute approximate surface area is 128 Å². The van der Waals surface area contributed by atoms with Gasteiger partial charge in [0, 0.05) is 41.0 Å². The van der Waals surface area contributed by atoms with Gasteiger partial charge in [-0.2, -0.15) is 0 Å². The Morgan fingerprint density at radius 3 is 2.05 bits per heavy atom.